The summed E-state index contributed by atoms with van der Waals surface area (Å²) in [4.78, 5) is 0. The normalized spacial score (nSPS) is 16.1. The van der Waals surface area contributed by atoms with Crippen LogP contribution in [0.25, 0.3) is 0 Å². The van der Waals surface area contributed by atoms with Gasteiger partial charge >= 0.3 is 0 Å². The predicted octanol–water partition coefficient (Wildman–Crippen LogP) is 1.82. The highest BCUT2D eigenvalue weighted by Crippen LogP contribution is 2.24. The lowest BCUT2D eigenvalue weighted by atomic mass is 10.2. The van der Waals surface area contributed by atoms with Gasteiger partial charge in [0.25, 0.3) is 0 Å². The summed E-state index contributed by atoms with van der Waals surface area (Å²) in [6.45, 7) is 2.48. The van der Waals surface area contributed by atoms with Crippen LogP contribution in [0.2, 0.25) is 5.02 Å². The van der Waals surface area contributed by atoms with Gasteiger partial charge in [0.05, 0.1) is 0 Å². The molecule has 0 amide bonds. The van der Waals surface area contributed by atoms with Gasteiger partial charge in [-0.05, 0) is 12.1 Å². The lowest BCUT2D eigenvalue weighted by Crippen LogP contribution is -2.16. The van der Waals surface area contributed by atoms with Crippen LogP contribution in [0.3, 0.4) is 0 Å². The standard InChI is InChI=1S/C9H10ClNO/c10-8-2-1-7-6-11-3-4-12-9(7)5-8/h1-2,5,11H,3-4,6H2. The van der Waals surface area contributed by atoms with Gasteiger partial charge in [0, 0.05) is 23.7 Å². The second-order valence-corrected chi connectivity index (χ2v) is 3.21. The Bertz CT molecular complexity index is 288. The first-order valence-corrected chi connectivity index (χ1v) is 4.36. The molecule has 1 aromatic carbocycles. The Morgan fingerprint density at radius 2 is 2.33 bits per heavy atom. The second kappa shape index (κ2) is 3.33. The summed E-state index contributed by atoms with van der Waals surface area (Å²) in [7, 11) is 0. The summed E-state index contributed by atoms with van der Waals surface area (Å²) < 4.78 is 5.48. The van der Waals surface area contributed by atoms with Crippen molar-refractivity contribution in [3.05, 3.63) is 28.8 Å². The summed E-state index contributed by atoms with van der Waals surface area (Å²) in [5.74, 6) is 0.910. The SMILES string of the molecule is Clc1ccc2c(c1)OCCNC2. The Hall–Kier alpha value is -0.730. The van der Waals surface area contributed by atoms with E-state index in [1.54, 1.807) is 0 Å². The number of fused-ring (bicyclic) bond motifs is 1. The van der Waals surface area contributed by atoms with Gasteiger partial charge in [0.15, 0.2) is 0 Å². The van der Waals surface area contributed by atoms with Crippen LogP contribution >= 0.6 is 11.6 Å². The minimum Gasteiger partial charge on any atom is -0.492 e. The molecular weight excluding hydrogens is 174 g/mol. The highest BCUT2D eigenvalue weighted by atomic mass is 35.5. The third-order valence-electron chi connectivity index (χ3n) is 1.88. The first-order chi connectivity index (χ1) is 5.86. The van der Waals surface area contributed by atoms with E-state index in [-0.39, 0.29) is 0 Å². The van der Waals surface area contributed by atoms with Gasteiger partial charge in [-0.2, -0.15) is 0 Å². The van der Waals surface area contributed by atoms with Crippen LogP contribution in [0.15, 0.2) is 18.2 Å². The van der Waals surface area contributed by atoms with Crippen LogP contribution in [-0.4, -0.2) is 13.2 Å². The fourth-order valence-corrected chi connectivity index (χ4v) is 1.43. The summed E-state index contributed by atoms with van der Waals surface area (Å²) >= 11 is 5.83. The lowest BCUT2D eigenvalue weighted by Gasteiger charge is -2.05. The van der Waals surface area contributed by atoms with E-state index in [4.69, 9.17) is 16.3 Å². The maximum Gasteiger partial charge on any atom is 0.125 e. The Labute approximate surface area is 76.5 Å². The molecule has 2 rings (SSSR count). The van der Waals surface area contributed by atoms with E-state index in [2.05, 4.69) is 5.32 Å². The Morgan fingerprint density at radius 1 is 1.42 bits per heavy atom. The first kappa shape index (κ1) is 7.90. The zero-order valence-corrected chi connectivity index (χ0v) is 7.40. The maximum atomic E-state index is 5.83. The maximum absolute atomic E-state index is 5.83. The van der Waals surface area contributed by atoms with Crippen molar-refractivity contribution in [2.24, 2.45) is 0 Å². The van der Waals surface area contributed by atoms with Gasteiger partial charge in [-0.25, -0.2) is 0 Å². The molecule has 0 saturated carbocycles. The molecule has 3 heteroatoms. The van der Waals surface area contributed by atoms with Gasteiger partial charge in [-0.15, -0.1) is 0 Å². The molecule has 0 aliphatic carbocycles. The lowest BCUT2D eigenvalue weighted by molar-refractivity contribution is 0.326. The van der Waals surface area contributed by atoms with Crippen molar-refractivity contribution < 1.29 is 4.74 Å². The van der Waals surface area contributed by atoms with E-state index in [9.17, 15) is 0 Å². The molecule has 0 spiro atoms. The number of hydrogen-bond donors (Lipinski definition) is 1. The van der Waals surface area contributed by atoms with Crippen LogP contribution in [0.5, 0.6) is 5.75 Å². The van der Waals surface area contributed by atoms with E-state index >= 15 is 0 Å². The molecule has 0 bridgehead atoms. The molecule has 0 fully saturated rings. The number of rotatable bonds is 0. The highest BCUT2D eigenvalue weighted by Gasteiger charge is 2.07. The molecule has 0 aromatic heterocycles. The van der Waals surface area contributed by atoms with E-state index in [0.29, 0.717) is 6.61 Å². The minimum absolute atomic E-state index is 0.716. The van der Waals surface area contributed by atoms with E-state index < -0.39 is 0 Å². The quantitative estimate of drug-likeness (QED) is 0.663. The van der Waals surface area contributed by atoms with Crippen molar-refractivity contribution >= 4 is 11.6 Å². The highest BCUT2D eigenvalue weighted by molar-refractivity contribution is 6.30. The molecule has 0 radical (unpaired) electrons. The largest absolute Gasteiger partial charge is 0.492 e. The fourth-order valence-electron chi connectivity index (χ4n) is 1.27. The summed E-state index contributed by atoms with van der Waals surface area (Å²) in [5, 5.41) is 3.99. The minimum atomic E-state index is 0.716. The molecule has 1 heterocycles. The Morgan fingerprint density at radius 3 is 3.25 bits per heavy atom. The Kier molecular flexibility index (Phi) is 2.19. The molecule has 12 heavy (non-hydrogen) atoms. The zero-order valence-electron chi connectivity index (χ0n) is 6.64. The van der Waals surface area contributed by atoms with Crippen molar-refractivity contribution in [3.63, 3.8) is 0 Å². The molecule has 0 saturated heterocycles. The number of benzene rings is 1. The Balaban J connectivity index is 2.36. The third kappa shape index (κ3) is 1.54. The molecule has 1 aliphatic rings. The van der Waals surface area contributed by atoms with Gasteiger partial charge in [-0.1, -0.05) is 17.7 Å². The van der Waals surface area contributed by atoms with Crippen molar-refractivity contribution in [1.29, 1.82) is 0 Å². The van der Waals surface area contributed by atoms with Crippen LogP contribution in [-0.2, 0) is 6.54 Å². The molecule has 0 unspecified atom stereocenters. The molecule has 1 aliphatic heterocycles. The topological polar surface area (TPSA) is 21.3 Å². The molecule has 64 valence electrons. The molecular formula is C9H10ClNO. The summed E-state index contributed by atoms with van der Waals surface area (Å²) in [6.07, 6.45) is 0. The number of hydrogen-bond acceptors (Lipinski definition) is 2. The monoisotopic (exact) mass is 183 g/mol. The molecule has 1 N–H and O–H groups in total. The van der Waals surface area contributed by atoms with Gasteiger partial charge < -0.3 is 10.1 Å². The number of ether oxygens (including phenoxy) is 1. The molecule has 0 atom stereocenters. The van der Waals surface area contributed by atoms with Crippen molar-refractivity contribution in [1.82, 2.24) is 5.32 Å². The number of nitrogens with one attached hydrogen (secondary N) is 1. The first-order valence-electron chi connectivity index (χ1n) is 3.98. The smallest absolute Gasteiger partial charge is 0.125 e. The van der Waals surface area contributed by atoms with Crippen molar-refractivity contribution in [3.8, 4) is 5.75 Å². The van der Waals surface area contributed by atoms with Crippen LogP contribution in [0.4, 0.5) is 0 Å². The summed E-state index contributed by atoms with van der Waals surface area (Å²) in [6, 6.07) is 5.75. The zero-order chi connectivity index (χ0) is 8.39. The molecule has 2 nitrogen and oxygen atoms in total. The van der Waals surface area contributed by atoms with Gasteiger partial charge in [-0.3, -0.25) is 0 Å². The molecule has 1 aromatic rings. The van der Waals surface area contributed by atoms with Gasteiger partial charge in [0.1, 0.15) is 12.4 Å². The van der Waals surface area contributed by atoms with Crippen LogP contribution in [0.1, 0.15) is 5.56 Å². The van der Waals surface area contributed by atoms with Crippen LogP contribution < -0.4 is 10.1 Å². The summed E-state index contributed by atoms with van der Waals surface area (Å²) in [5.41, 5.74) is 1.18. The predicted molar refractivity (Wildman–Crippen MR) is 48.7 cm³/mol. The van der Waals surface area contributed by atoms with E-state index in [1.165, 1.54) is 5.56 Å². The van der Waals surface area contributed by atoms with E-state index in [1.807, 2.05) is 18.2 Å². The van der Waals surface area contributed by atoms with Crippen molar-refractivity contribution in [2.75, 3.05) is 13.2 Å². The number of halogens is 1. The average Bonchev–Trinajstić information content (AvgIpc) is 2.28. The fraction of sp³-hybridized carbons (Fsp3) is 0.333. The average molecular weight is 184 g/mol. The second-order valence-electron chi connectivity index (χ2n) is 2.78. The van der Waals surface area contributed by atoms with E-state index in [0.717, 1.165) is 23.9 Å². The van der Waals surface area contributed by atoms with Crippen LogP contribution in [0, 0.1) is 0 Å². The third-order valence-corrected chi connectivity index (χ3v) is 2.12. The van der Waals surface area contributed by atoms with Crippen molar-refractivity contribution in [2.45, 2.75) is 6.54 Å². The van der Waals surface area contributed by atoms with Gasteiger partial charge in [0.2, 0.25) is 0 Å².